The third-order valence-corrected chi connectivity index (χ3v) is 5.44. The predicted molar refractivity (Wildman–Crippen MR) is 119 cm³/mol. The lowest BCUT2D eigenvalue weighted by atomic mass is 9.89. The van der Waals surface area contributed by atoms with E-state index in [1.807, 2.05) is 24.3 Å². The second-order valence-electron chi connectivity index (χ2n) is 8.20. The highest BCUT2D eigenvalue weighted by molar-refractivity contribution is 5.86. The van der Waals surface area contributed by atoms with Crippen LogP contribution in [-0.4, -0.2) is 48.9 Å². The van der Waals surface area contributed by atoms with Crippen LogP contribution in [-0.2, 0) is 11.3 Å². The van der Waals surface area contributed by atoms with Crippen LogP contribution in [0.15, 0.2) is 39.9 Å². The summed E-state index contributed by atoms with van der Waals surface area (Å²) in [6, 6.07) is 8.08. The zero-order valence-electron chi connectivity index (χ0n) is 18.3. The number of aromatic nitrogens is 1. The maximum absolute atomic E-state index is 12.0. The van der Waals surface area contributed by atoms with E-state index in [1.165, 1.54) is 37.7 Å². The van der Waals surface area contributed by atoms with Crippen molar-refractivity contribution < 1.29 is 9.21 Å². The van der Waals surface area contributed by atoms with Gasteiger partial charge in [-0.05, 0) is 37.8 Å². The number of rotatable bonds is 7. The van der Waals surface area contributed by atoms with Crippen LogP contribution in [0.25, 0.3) is 11.5 Å². The summed E-state index contributed by atoms with van der Waals surface area (Å²) in [5, 5.41) is 6.55. The van der Waals surface area contributed by atoms with Crippen molar-refractivity contribution >= 4 is 11.9 Å². The molecule has 1 aromatic carbocycles. The van der Waals surface area contributed by atoms with E-state index in [9.17, 15) is 4.79 Å². The van der Waals surface area contributed by atoms with Gasteiger partial charge in [0.25, 0.3) is 0 Å². The van der Waals surface area contributed by atoms with Crippen molar-refractivity contribution in [1.82, 2.24) is 20.5 Å². The molecule has 1 aromatic heterocycles. The summed E-state index contributed by atoms with van der Waals surface area (Å²) < 4.78 is 5.63. The van der Waals surface area contributed by atoms with Crippen LogP contribution in [0.4, 0.5) is 0 Å². The Hall–Kier alpha value is -2.83. The quantitative estimate of drug-likeness (QED) is 0.539. The lowest BCUT2D eigenvalue weighted by molar-refractivity contribution is -0.127. The Morgan fingerprint density at radius 2 is 1.90 bits per heavy atom. The molecule has 0 unspecified atom stereocenters. The molecule has 0 atom stereocenters. The third-order valence-electron chi connectivity index (χ3n) is 5.44. The average molecular weight is 412 g/mol. The van der Waals surface area contributed by atoms with Crippen LogP contribution in [0, 0.1) is 12.8 Å². The van der Waals surface area contributed by atoms with E-state index >= 15 is 0 Å². The average Bonchev–Trinajstić information content (AvgIpc) is 3.23. The molecular weight excluding hydrogens is 378 g/mol. The number of nitrogens with one attached hydrogen (secondary N) is 2. The van der Waals surface area contributed by atoms with Crippen molar-refractivity contribution in [2.75, 3.05) is 27.2 Å². The van der Waals surface area contributed by atoms with Gasteiger partial charge in [-0.3, -0.25) is 4.79 Å². The topological polar surface area (TPSA) is 82.8 Å². The van der Waals surface area contributed by atoms with Gasteiger partial charge in [0.2, 0.25) is 11.8 Å². The third kappa shape index (κ3) is 6.61. The van der Waals surface area contributed by atoms with Gasteiger partial charge in [0.05, 0.1) is 13.1 Å². The van der Waals surface area contributed by atoms with E-state index in [1.54, 1.807) is 25.3 Å². The number of carbonyl (C=O) groups excluding carboxylic acids is 1. The zero-order valence-corrected chi connectivity index (χ0v) is 18.3. The van der Waals surface area contributed by atoms with Gasteiger partial charge in [-0.1, -0.05) is 37.0 Å². The Balaban J connectivity index is 1.62. The standard InChI is InChI=1S/C23H33N5O2/c1-17-9-11-19(12-10-17)22-27-20(16-30-22)14-25-23(26-15-21(29)28(2)3)24-13-18-7-5-4-6-8-18/h9-12,16,18H,4-8,13-15H2,1-3H3,(H2,24,25,26). The number of oxazole rings is 1. The molecule has 0 aliphatic heterocycles. The molecule has 0 saturated heterocycles. The summed E-state index contributed by atoms with van der Waals surface area (Å²) in [7, 11) is 3.50. The molecule has 162 valence electrons. The SMILES string of the molecule is Cc1ccc(-c2nc(CN=C(NCC(=O)N(C)C)NCC3CCCCC3)co2)cc1. The number of aryl methyl sites for hydroxylation is 1. The summed E-state index contributed by atoms with van der Waals surface area (Å²) in [4.78, 5) is 22.7. The first-order chi connectivity index (χ1) is 14.5. The van der Waals surface area contributed by atoms with Crippen LogP contribution >= 0.6 is 0 Å². The highest BCUT2D eigenvalue weighted by atomic mass is 16.3. The summed E-state index contributed by atoms with van der Waals surface area (Å²) in [6.45, 7) is 3.51. The fraction of sp³-hybridized carbons (Fsp3) is 0.522. The molecule has 7 nitrogen and oxygen atoms in total. The number of aliphatic imine (C=N–C) groups is 1. The molecule has 3 rings (SSSR count). The molecule has 30 heavy (non-hydrogen) atoms. The predicted octanol–water partition coefficient (Wildman–Crippen LogP) is 3.35. The number of guanidine groups is 1. The van der Waals surface area contributed by atoms with Crippen LogP contribution < -0.4 is 10.6 Å². The van der Waals surface area contributed by atoms with Crippen molar-refractivity contribution in [3.8, 4) is 11.5 Å². The Morgan fingerprint density at radius 1 is 1.17 bits per heavy atom. The minimum Gasteiger partial charge on any atom is -0.444 e. The maximum atomic E-state index is 12.0. The Morgan fingerprint density at radius 3 is 2.60 bits per heavy atom. The second-order valence-corrected chi connectivity index (χ2v) is 8.20. The Kier molecular flexibility index (Phi) is 7.88. The molecule has 1 fully saturated rings. The molecule has 1 heterocycles. The van der Waals surface area contributed by atoms with Crippen molar-refractivity contribution in [1.29, 1.82) is 0 Å². The van der Waals surface area contributed by atoms with Crippen LogP contribution in [0.3, 0.4) is 0 Å². The lowest BCUT2D eigenvalue weighted by Gasteiger charge is -2.23. The lowest BCUT2D eigenvalue weighted by Crippen LogP contribution is -2.44. The van der Waals surface area contributed by atoms with Crippen LogP contribution in [0.2, 0.25) is 0 Å². The fourth-order valence-corrected chi connectivity index (χ4v) is 3.49. The van der Waals surface area contributed by atoms with Gasteiger partial charge in [-0.25, -0.2) is 9.98 Å². The molecular formula is C23H33N5O2. The fourth-order valence-electron chi connectivity index (χ4n) is 3.49. The van der Waals surface area contributed by atoms with Crippen molar-refractivity contribution in [2.24, 2.45) is 10.9 Å². The molecule has 0 bridgehead atoms. The highest BCUT2D eigenvalue weighted by Gasteiger charge is 2.14. The molecule has 0 radical (unpaired) electrons. The van der Waals surface area contributed by atoms with E-state index < -0.39 is 0 Å². The molecule has 1 aliphatic carbocycles. The molecule has 7 heteroatoms. The van der Waals surface area contributed by atoms with Gasteiger partial charge in [0, 0.05) is 26.2 Å². The number of likely N-dealkylation sites (N-methyl/N-ethyl adjacent to an activating group) is 1. The summed E-state index contributed by atoms with van der Waals surface area (Å²) >= 11 is 0. The largest absolute Gasteiger partial charge is 0.444 e. The summed E-state index contributed by atoms with van der Waals surface area (Å²) in [6.07, 6.45) is 8.07. The number of carbonyl (C=O) groups is 1. The number of amides is 1. The summed E-state index contributed by atoms with van der Waals surface area (Å²) in [5.41, 5.74) is 2.90. The molecule has 2 aromatic rings. The van der Waals surface area contributed by atoms with Crippen LogP contribution in [0.5, 0.6) is 0 Å². The van der Waals surface area contributed by atoms with Gasteiger partial charge in [0.1, 0.15) is 12.0 Å². The van der Waals surface area contributed by atoms with E-state index in [0.29, 0.717) is 24.3 Å². The second kappa shape index (κ2) is 10.8. The van der Waals surface area contributed by atoms with E-state index in [-0.39, 0.29) is 12.5 Å². The first-order valence-electron chi connectivity index (χ1n) is 10.7. The van der Waals surface area contributed by atoms with E-state index in [0.717, 1.165) is 17.8 Å². The smallest absolute Gasteiger partial charge is 0.241 e. The van der Waals surface area contributed by atoms with E-state index in [2.05, 4.69) is 27.5 Å². The zero-order chi connectivity index (χ0) is 21.3. The normalized spacial score (nSPS) is 15.1. The van der Waals surface area contributed by atoms with Gasteiger partial charge in [0.15, 0.2) is 5.96 Å². The number of hydrogen-bond donors (Lipinski definition) is 2. The van der Waals surface area contributed by atoms with Crippen LogP contribution in [0.1, 0.15) is 43.4 Å². The minimum absolute atomic E-state index is 0.00487. The minimum atomic E-state index is 0.00487. The van der Waals surface area contributed by atoms with Gasteiger partial charge in [-0.2, -0.15) is 0 Å². The van der Waals surface area contributed by atoms with Crippen molar-refractivity contribution in [3.63, 3.8) is 0 Å². The molecule has 1 aliphatic rings. The summed E-state index contributed by atoms with van der Waals surface area (Å²) in [5.74, 6) is 1.89. The Bertz CT molecular complexity index is 836. The number of benzene rings is 1. The first-order valence-corrected chi connectivity index (χ1v) is 10.7. The first kappa shape index (κ1) is 21.9. The van der Waals surface area contributed by atoms with Gasteiger partial charge < -0.3 is 20.0 Å². The number of hydrogen-bond acceptors (Lipinski definition) is 4. The maximum Gasteiger partial charge on any atom is 0.241 e. The van der Waals surface area contributed by atoms with Gasteiger partial charge in [-0.15, -0.1) is 0 Å². The molecule has 1 amide bonds. The molecule has 2 N–H and O–H groups in total. The van der Waals surface area contributed by atoms with Crippen molar-refractivity contribution in [3.05, 3.63) is 41.8 Å². The number of nitrogens with zero attached hydrogens (tertiary/aromatic N) is 3. The Labute approximate surface area is 179 Å². The van der Waals surface area contributed by atoms with Crippen molar-refractivity contribution in [2.45, 2.75) is 45.6 Å². The van der Waals surface area contributed by atoms with E-state index in [4.69, 9.17) is 4.42 Å². The molecule has 0 spiro atoms. The van der Waals surface area contributed by atoms with Gasteiger partial charge >= 0.3 is 0 Å². The molecule has 1 saturated carbocycles. The monoisotopic (exact) mass is 411 g/mol. The highest BCUT2D eigenvalue weighted by Crippen LogP contribution is 2.23.